The molecule has 0 aromatic carbocycles. The predicted octanol–water partition coefficient (Wildman–Crippen LogP) is 2.83. The molecule has 0 bridgehead atoms. The van der Waals surface area contributed by atoms with Gasteiger partial charge in [0, 0.05) is 19.0 Å². The van der Waals surface area contributed by atoms with Gasteiger partial charge in [0.15, 0.2) is 5.82 Å². The Morgan fingerprint density at radius 2 is 2.14 bits per heavy atom. The van der Waals surface area contributed by atoms with Gasteiger partial charge in [-0.3, -0.25) is 9.78 Å². The second-order valence-corrected chi connectivity index (χ2v) is 4.51. The summed E-state index contributed by atoms with van der Waals surface area (Å²) in [5.41, 5.74) is 0.598. The molecule has 1 amide bonds. The number of carbonyl (C=O) groups excluding carboxylic acids is 1. The fraction of sp³-hybridized carbons (Fsp3) is 0.385. The van der Waals surface area contributed by atoms with Crippen molar-refractivity contribution in [2.45, 2.75) is 31.9 Å². The molecular formula is C13H13F3N4O2. The fourth-order valence-electron chi connectivity index (χ4n) is 1.70. The molecule has 0 aliphatic carbocycles. The molecule has 2 heterocycles. The van der Waals surface area contributed by atoms with Crippen molar-refractivity contribution in [1.29, 1.82) is 0 Å². The quantitative estimate of drug-likeness (QED) is 0.829. The van der Waals surface area contributed by atoms with Gasteiger partial charge in [0.05, 0.1) is 11.9 Å². The van der Waals surface area contributed by atoms with E-state index in [1.54, 1.807) is 18.3 Å². The Balaban J connectivity index is 1.69. The molecule has 6 nitrogen and oxygen atoms in total. The van der Waals surface area contributed by atoms with Crippen LogP contribution in [0, 0.1) is 0 Å². The van der Waals surface area contributed by atoms with E-state index in [0.29, 0.717) is 18.5 Å². The summed E-state index contributed by atoms with van der Waals surface area (Å²) in [5, 5.41) is 5.92. The number of amides is 1. The van der Waals surface area contributed by atoms with Crippen molar-refractivity contribution in [2.75, 3.05) is 5.32 Å². The molecule has 1 N–H and O–H groups in total. The molecule has 0 fully saturated rings. The van der Waals surface area contributed by atoms with E-state index in [2.05, 4.69) is 25.0 Å². The lowest BCUT2D eigenvalue weighted by molar-refractivity contribution is -0.159. The highest BCUT2D eigenvalue weighted by atomic mass is 19.4. The predicted molar refractivity (Wildman–Crippen MR) is 69.7 cm³/mol. The lowest BCUT2D eigenvalue weighted by atomic mass is 10.2. The molecule has 2 aromatic rings. The molecule has 118 valence electrons. The molecule has 0 aliphatic heterocycles. The molecule has 0 aliphatic rings. The Bertz CT molecular complexity index is 613. The summed E-state index contributed by atoms with van der Waals surface area (Å²) in [4.78, 5) is 18.7. The van der Waals surface area contributed by atoms with E-state index in [-0.39, 0.29) is 24.6 Å². The van der Waals surface area contributed by atoms with Crippen molar-refractivity contribution in [3.05, 3.63) is 36.2 Å². The number of halogens is 3. The van der Waals surface area contributed by atoms with Gasteiger partial charge in [0.1, 0.15) is 0 Å². The molecule has 2 rings (SSSR count). The van der Waals surface area contributed by atoms with E-state index in [4.69, 9.17) is 0 Å². The monoisotopic (exact) mass is 314 g/mol. The molecular weight excluding hydrogens is 301 g/mol. The van der Waals surface area contributed by atoms with Gasteiger partial charge in [-0.05, 0) is 25.0 Å². The normalized spacial score (nSPS) is 11.4. The number of carbonyl (C=O) groups is 1. The largest absolute Gasteiger partial charge is 0.471 e. The third-order valence-corrected chi connectivity index (χ3v) is 2.71. The van der Waals surface area contributed by atoms with Crippen molar-refractivity contribution in [3.63, 3.8) is 0 Å². The average molecular weight is 314 g/mol. The fourth-order valence-corrected chi connectivity index (χ4v) is 1.70. The molecule has 9 heteroatoms. The second-order valence-electron chi connectivity index (χ2n) is 4.51. The summed E-state index contributed by atoms with van der Waals surface area (Å²) in [6.45, 7) is 0. The van der Waals surface area contributed by atoms with Gasteiger partial charge < -0.3 is 9.84 Å². The van der Waals surface area contributed by atoms with Crippen LogP contribution in [0.1, 0.15) is 31.0 Å². The Labute approximate surface area is 123 Å². The smallest absolute Gasteiger partial charge is 0.329 e. The van der Waals surface area contributed by atoms with Gasteiger partial charge in [-0.25, -0.2) is 0 Å². The molecule has 0 unspecified atom stereocenters. The van der Waals surface area contributed by atoms with Crippen LogP contribution in [-0.4, -0.2) is 21.0 Å². The number of unbranched alkanes of at least 4 members (excludes halogenated alkanes) is 1. The zero-order chi connectivity index (χ0) is 16.0. The number of nitrogens with one attached hydrogen (secondary N) is 1. The average Bonchev–Trinajstić information content (AvgIpc) is 2.94. The molecule has 0 spiro atoms. The molecule has 0 radical (unpaired) electrons. The number of hydrogen-bond acceptors (Lipinski definition) is 5. The molecule has 0 atom stereocenters. The van der Waals surface area contributed by atoms with Crippen LogP contribution in [0.5, 0.6) is 0 Å². The van der Waals surface area contributed by atoms with Gasteiger partial charge >= 0.3 is 12.1 Å². The van der Waals surface area contributed by atoms with Gasteiger partial charge in [-0.1, -0.05) is 5.16 Å². The summed E-state index contributed by atoms with van der Waals surface area (Å²) in [6, 6.07) is 3.41. The van der Waals surface area contributed by atoms with Crippen LogP contribution in [0.4, 0.5) is 18.9 Å². The number of hydrogen-bond donors (Lipinski definition) is 1. The maximum atomic E-state index is 12.2. The number of nitrogens with zero attached hydrogens (tertiary/aromatic N) is 3. The van der Waals surface area contributed by atoms with E-state index < -0.39 is 12.1 Å². The highest BCUT2D eigenvalue weighted by molar-refractivity contribution is 5.90. The van der Waals surface area contributed by atoms with Gasteiger partial charge in [0.2, 0.25) is 5.91 Å². The number of alkyl halides is 3. The first-order valence-corrected chi connectivity index (χ1v) is 6.55. The third kappa shape index (κ3) is 4.83. The van der Waals surface area contributed by atoms with Crippen LogP contribution < -0.4 is 5.32 Å². The third-order valence-electron chi connectivity index (χ3n) is 2.71. The van der Waals surface area contributed by atoms with Crippen molar-refractivity contribution < 1.29 is 22.5 Å². The lowest BCUT2D eigenvalue weighted by Gasteiger charge is -2.03. The van der Waals surface area contributed by atoms with Crippen LogP contribution in [0.2, 0.25) is 0 Å². The van der Waals surface area contributed by atoms with Gasteiger partial charge in [0.25, 0.3) is 0 Å². The highest BCUT2D eigenvalue weighted by Crippen LogP contribution is 2.27. The van der Waals surface area contributed by atoms with Crippen LogP contribution in [0.15, 0.2) is 29.0 Å². The van der Waals surface area contributed by atoms with Gasteiger partial charge in [-0.2, -0.15) is 18.2 Å². The minimum Gasteiger partial charge on any atom is -0.329 e. The summed E-state index contributed by atoms with van der Waals surface area (Å²) in [6.07, 6.45) is -0.0571. The van der Waals surface area contributed by atoms with E-state index in [9.17, 15) is 18.0 Å². The molecule has 22 heavy (non-hydrogen) atoms. The van der Waals surface area contributed by atoms with Crippen LogP contribution in [-0.2, 0) is 17.4 Å². The molecule has 0 saturated carbocycles. The molecule has 0 saturated heterocycles. The summed E-state index contributed by atoms with van der Waals surface area (Å²) in [7, 11) is 0. The van der Waals surface area contributed by atoms with Crippen molar-refractivity contribution in [3.8, 4) is 0 Å². The minimum absolute atomic E-state index is 0.0139. The van der Waals surface area contributed by atoms with E-state index in [1.807, 2.05) is 0 Å². The second kappa shape index (κ2) is 7.01. The van der Waals surface area contributed by atoms with Crippen LogP contribution in [0.25, 0.3) is 0 Å². The SMILES string of the molecule is O=C(CCCCc1noc(C(F)(F)F)n1)Nc1cccnc1. The molecule has 2 aromatic heterocycles. The first kappa shape index (κ1) is 15.9. The number of pyridine rings is 1. The Morgan fingerprint density at radius 3 is 2.77 bits per heavy atom. The van der Waals surface area contributed by atoms with Crippen LogP contribution >= 0.6 is 0 Å². The number of anilines is 1. The van der Waals surface area contributed by atoms with E-state index >= 15 is 0 Å². The Morgan fingerprint density at radius 1 is 1.32 bits per heavy atom. The van der Waals surface area contributed by atoms with Crippen molar-refractivity contribution in [2.24, 2.45) is 0 Å². The van der Waals surface area contributed by atoms with E-state index in [1.165, 1.54) is 6.20 Å². The summed E-state index contributed by atoms with van der Waals surface area (Å²) >= 11 is 0. The summed E-state index contributed by atoms with van der Waals surface area (Å²) in [5.74, 6) is -1.55. The Kier molecular flexibility index (Phi) is 5.08. The number of aryl methyl sites for hydroxylation is 1. The van der Waals surface area contributed by atoms with Gasteiger partial charge in [-0.15, -0.1) is 0 Å². The number of rotatable bonds is 6. The van der Waals surface area contributed by atoms with Crippen molar-refractivity contribution in [1.82, 2.24) is 15.1 Å². The first-order chi connectivity index (χ1) is 10.4. The Hall–Kier alpha value is -2.45. The standard InChI is InChI=1S/C13H13F3N4O2/c14-13(15,16)12-19-10(20-22-12)5-1-2-6-11(21)18-9-4-3-7-17-8-9/h3-4,7-8H,1-2,5-6H2,(H,18,21). The maximum Gasteiger partial charge on any atom is 0.471 e. The van der Waals surface area contributed by atoms with Crippen LogP contribution in [0.3, 0.4) is 0 Å². The number of aromatic nitrogens is 3. The highest BCUT2D eigenvalue weighted by Gasteiger charge is 2.38. The van der Waals surface area contributed by atoms with E-state index in [0.717, 1.165) is 0 Å². The minimum atomic E-state index is -4.63. The topological polar surface area (TPSA) is 80.9 Å². The zero-order valence-corrected chi connectivity index (χ0v) is 11.4. The maximum absolute atomic E-state index is 12.2. The first-order valence-electron chi connectivity index (χ1n) is 6.55. The zero-order valence-electron chi connectivity index (χ0n) is 11.4. The summed E-state index contributed by atoms with van der Waals surface area (Å²) < 4.78 is 40.9. The lowest BCUT2D eigenvalue weighted by Crippen LogP contribution is -2.11. The van der Waals surface area contributed by atoms with Crippen molar-refractivity contribution >= 4 is 11.6 Å².